The van der Waals surface area contributed by atoms with E-state index in [0.717, 1.165) is 24.2 Å². The number of nitrogens with two attached hydrogens (primary N) is 1. The minimum atomic E-state index is -0.315. The highest BCUT2D eigenvalue weighted by Crippen LogP contribution is 2.38. The fraction of sp³-hybridized carbons (Fsp3) is 0.538. The van der Waals surface area contributed by atoms with Crippen LogP contribution < -0.4 is 10.5 Å². The number of benzene rings is 1. The quantitative estimate of drug-likeness (QED) is 0.849. The van der Waals surface area contributed by atoms with Gasteiger partial charge < -0.3 is 15.2 Å². The highest BCUT2D eigenvalue weighted by Gasteiger charge is 2.34. The number of hydrogen-bond acceptors (Lipinski definition) is 3. The van der Waals surface area contributed by atoms with Crippen LogP contribution in [-0.4, -0.2) is 19.8 Å². The monoisotopic (exact) mass is 221 g/mol. The van der Waals surface area contributed by atoms with Crippen molar-refractivity contribution in [1.82, 2.24) is 0 Å². The van der Waals surface area contributed by atoms with Crippen molar-refractivity contribution in [3.05, 3.63) is 29.8 Å². The summed E-state index contributed by atoms with van der Waals surface area (Å²) >= 11 is 0. The average molecular weight is 221 g/mol. The van der Waals surface area contributed by atoms with E-state index in [-0.39, 0.29) is 11.6 Å². The van der Waals surface area contributed by atoms with Gasteiger partial charge in [-0.1, -0.05) is 18.2 Å². The van der Waals surface area contributed by atoms with Crippen LogP contribution in [0.4, 0.5) is 0 Å². The summed E-state index contributed by atoms with van der Waals surface area (Å²) < 4.78 is 10.9. The van der Waals surface area contributed by atoms with Gasteiger partial charge in [0.1, 0.15) is 5.75 Å². The van der Waals surface area contributed by atoms with E-state index in [1.807, 2.05) is 25.1 Å². The smallest absolute Gasteiger partial charge is 0.124 e. The molecule has 1 heterocycles. The summed E-state index contributed by atoms with van der Waals surface area (Å²) in [7, 11) is 1.72. The predicted molar refractivity (Wildman–Crippen MR) is 63.5 cm³/mol. The molecule has 0 saturated heterocycles. The van der Waals surface area contributed by atoms with Crippen molar-refractivity contribution in [2.45, 2.75) is 31.4 Å². The molecule has 2 rings (SSSR count). The Hall–Kier alpha value is -1.06. The fourth-order valence-corrected chi connectivity index (χ4v) is 2.29. The van der Waals surface area contributed by atoms with Crippen molar-refractivity contribution in [1.29, 1.82) is 0 Å². The Bertz CT molecular complexity index is 367. The molecule has 2 atom stereocenters. The molecule has 16 heavy (non-hydrogen) atoms. The van der Waals surface area contributed by atoms with Crippen LogP contribution in [0.5, 0.6) is 5.75 Å². The molecule has 0 aromatic heterocycles. The molecule has 0 radical (unpaired) electrons. The molecule has 2 N–H and O–H groups in total. The Morgan fingerprint density at radius 1 is 1.50 bits per heavy atom. The Morgan fingerprint density at radius 2 is 2.25 bits per heavy atom. The zero-order valence-corrected chi connectivity index (χ0v) is 9.90. The minimum Gasteiger partial charge on any atom is -0.493 e. The second kappa shape index (κ2) is 4.44. The third-order valence-corrected chi connectivity index (χ3v) is 3.28. The minimum absolute atomic E-state index is 0.163. The van der Waals surface area contributed by atoms with Gasteiger partial charge in [-0.2, -0.15) is 0 Å². The SMILES string of the molecule is COC(C)CC1(N)CCOc2ccccc21. The molecule has 0 saturated carbocycles. The van der Waals surface area contributed by atoms with Crippen LogP contribution in [0.1, 0.15) is 25.3 Å². The van der Waals surface area contributed by atoms with Gasteiger partial charge in [0.05, 0.1) is 18.2 Å². The second-order valence-electron chi connectivity index (χ2n) is 4.50. The van der Waals surface area contributed by atoms with Gasteiger partial charge in [0.15, 0.2) is 0 Å². The summed E-state index contributed by atoms with van der Waals surface area (Å²) in [6.07, 6.45) is 1.83. The summed E-state index contributed by atoms with van der Waals surface area (Å²) in [4.78, 5) is 0. The van der Waals surface area contributed by atoms with E-state index in [4.69, 9.17) is 15.2 Å². The highest BCUT2D eigenvalue weighted by molar-refractivity contribution is 5.40. The van der Waals surface area contributed by atoms with Gasteiger partial charge in [-0.3, -0.25) is 0 Å². The molecule has 1 aliphatic rings. The lowest BCUT2D eigenvalue weighted by Gasteiger charge is -2.37. The van der Waals surface area contributed by atoms with Gasteiger partial charge >= 0.3 is 0 Å². The predicted octanol–water partition coefficient (Wildman–Crippen LogP) is 2.05. The normalized spacial score (nSPS) is 25.7. The molecule has 0 amide bonds. The lowest BCUT2D eigenvalue weighted by atomic mass is 9.81. The lowest BCUT2D eigenvalue weighted by molar-refractivity contribution is 0.0750. The molecule has 1 aromatic rings. The number of rotatable bonds is 3. The molecule has 3 nitrogen and oxygen atoms in total. The zero-order chi connectivity index (χ0) is 11.6. The summed E-state index contributed by atoms with van der Waals surface area (Å²) in [6, 6.07) is 8.02. The average Bonchev–Trinajstić information content (AvgIpc) is 2.29. The molecule has 3 heteroatoms. The van der Waals surface area contributed by atoms with Crippen LogP contribution in [0.15, 0.2) is 24.3 Å². The maximum atomic E-state index is 6.49. The molecular formula is C13H19NO2. The van der Waals surface area contributed by atoms with Crippen LogP contribution in [0.25, 0.3) is 0 Å². The first-order valence-electron chi connectivity index (χ1n) is 5.70. The van der Waals surface area contributed by atoms with E-state index in [1.165, 1.54) is 0 Å². The number of para-hydroxylation sites is 1. The topological polar surface area (TPSA) is 44.5 Å². The van der Waals surface area contributed by atoms with Crippen LogP contribution in [0.2, 0.25) is 0 Å². The van der Waals surface area contributed by atoms with E-state index >= 15 is 0 Å². The third-order valence-electron chi connectivity index (χ3n) is 3.28. The van der Waals surface area contributed by atoms with Gasteiger partial charge in [0, 0.05) is 19.1 Å². The molecule has 0 spiro atoms. The second-order valence-corrected chi connectivity index (χ2v) is 4.50. The zero-order valence-electron chi connectivity index (χ0n) is 9.90. The van der Waals surface area contributed by atoms with Crippen LogP contribution in [0, 0.1) is 0 Å². The van der Waals surface area contributed by atoms with Crippen molar-refractivity contribution in [3.63, 3.8) is 0 Å². The van der Waals surface area contributed by atoms with E-state index in [0.29, 0.717) is 6.61 Å². The van der Waals surface area contributed by atoms with E-state index < -0.39 is 0 Å². The molecule has 0 fully saturated rings. The maximum Gasteiger partial charge on any atom is 0.124 e. The third kappa shape index (κ3) is 2.06. The van der Waals surface area contributed by atoms with Crippen LogP contribution >= 0.6 is 0 Å². The first kappa shape index (κ1) is 11.4. The first-order chi connectivity index (χ1) is 7.65. The number of ether oxygens (including phenoxy) is 2. The molecular weight excluding hydrogens is 202 g/mol. The van der Waals surface area contributed by atoms with Crippen molar-refractivity contribution >= 4 is 0 Å². The van der Waals surface area contributed by atoms with E-state index in [2.05, 4.69) is 6.07 Å². The molecule has 2 unspecified atom stereocenters. The standard InChI is InChI=1S/C13H19NO2/c1-10(15-2)9-13(14)7-8-16-12-6-4-3-5-11(12)13/h3-6,10H,7-9,14H2,1-2H3. The van der Waals surface area contributed by atoms with Crippen molar-refractivity contribution in [2.75, 3.05) is 13.7 Å². The van der Waals surface area contributed by atoms with Crippen molar-refractivity contribution < 1.29 is 9.47 Å². The van der Waals surface area contributed by atoms with Crippen molar-refractivity contribution in [2.24, 2.45) is 5.73 Å². The molecule has 0 bridgehead atoms. The number of methoxy groups -OCH3 is 1. The van der Waals surface area contributed by atoms with Gasteiger partial charge in [-0.05, 0) is 19.4 Å². The summed E-state index contributed by atoms with van der Waals surface area (Å²) in [5.74, 6) is 0.916. The lowest BCUT2D eigenvalue weighted by Crippen LogP contribution is -2.43. The molecule has 0 aliphatic carbocycles. The van der Waals surface area contributed by atoms with Gasteiger partial charge in [0.25, 0.3) is 0 Å². The van der Waals surface area contributed by atoms with Crippen LogP contribution in [-0.2, 0) is 10.3 Å². The first-order valence-corrected chi connectivity index (χ1v) is 5.70. The van der Waals surface area contributed by atoms with Crippen LogP contribution in [0.3, 0.4) is 0 Å². The molecule has 1 aliphatic heterocycles. The number of fused-ring (bicyclic) bond motifs is 1. The Morgan fingerprint density at radius 3 is 3.00 bits per heavy atom. The number of hydrogen-bond donors (Lipinski definition) is 1. The Balaban J connectivity index is 2.29. The van der Waals surface area contributed by atoms with Gasteiger partial charge in [-0.15, -0.1) is 0 Å². The molecule has 88 valence electrons. The maximum absolute atomic E-state index is 6.49. The van der Waals surface area contributed by atoms with E-state index in [9.17, 15) is 0 Å². The van der Waals surface area contributed by atoms with Gasteiger partial charge in [0.2, 0.25) is 0 Å². The largest absolute Gasteiger partial charge is 0.493 e. The molecule has 1 aromatic carbocycles. The summed E-state index contributed by atoms with van der Waals surface area (Å²) in [6.45, 7) is 2.73. The van der Waals surface area contributed by atoms with E-state index in [1.54, 1.807) is 7.11 Å². The Kier molecular flexibility index (Phi) is 3.17. The summed E-state index contributed by atoms with van der Waals surface area (Å²) in [5.41, 5.74) is 7.27. The Labute approximate surface area is 96.5 Å². The fourth-order valence-electron chi connectivity index (χ4n) is 2.29. The highest BCUT2D eigenvalue weighted by atomic mass is 16.5. The van der Waals surface area contributed by atoms with Crippen molar-refractivity contribution in [3.8, 4) is 5.75 Å². The summed E-state index contributed by atoms with van der Waals surface area (Å²) in [5, 5.41) is 0. The van der Waals surface area contributed by atoms with Gasteiger partial charge in [-0.25, -0.2) is 0 Å².